The van der Waals surface area contributed by atoms with Crippen LogP contribution in [0, 0.1) is 12.8 Å². The van der Waals surface area contributed by atoms with Crippen molar-refractivity contribution in [2.75, 3.05) is 24.5 Å². The highest BCUT2D eigenvalue weighted by Gasteiger charge is 2.21. The van der Waals surface area contributed by atoms with Crippen molar-refractivity contribution in [1.29, 1.82) is 0 Å². The minimum absolute atomic E-state index is 0.573. The predicted molar refractivity (Wildman–Crippen MR) is 84.7 cm³/mol. The molecule has 0 amide bonds. The van der Waals surface area contributed by atoms with Gasteiger partial charge in [0.1, 0.15) is 5.82 Å². The van der Waals surface area contributed by atoms with Gasteiger partial charge in [-0.1, -0.05) is 13.8 Å². The molecule has 2 rings (SSSR count). The molecule has 1 atom stereocenters. The van der Waals surface area contributed by atoms with Crippen LogP contribution in [0.25, 0.3) is 0 Å². The Balaban J connectivity index is 1.98. The second-order valence-corrected chi connectivity index (χ2v) is 6.66. The van der Waals surface area contributed by atoms with E-state index < -0.39 is 0 Å². The molecule has 1 aliphatic rings. The molecule has 4 heteroatoms. The van der Waals surface area contributed by atoms with Crippen LogP contribution in [-0.4, -0.2) is 30.7 Å². The van der Waals surface area contributed by atoms with Crippen LogP contribution < -0.4 is 10.2 Å². The molecule has 2 heterocycles. The molecule has 3 nitrogen and oxygen atoms in total. The van der Waals surface area contributed by atoms with Crippen LogP contribution in [-0.2, 0) is 0 Å². The number of hydrogen-bond acceptors (Lipinski definition) is 3. The zero-order valence-corrected chi connectivity index (χ0v) is 13.7. The van der Waals surface area contributed by atoms with E-state index >= 15 is 0 Å². The van der Waals surface area contributed by atoms with Crippen molar-refractivity contribution < 1.29 is 0 Å². The zero-order chi connectivity index (χ0) is 13.8. The van der Waals surface area contributed by atoms with Crippen molar-refractivity contribution in [2.24, 2.45) is 5.92 Å². The summed E-state index contributed by atoms with van der Waals surface area (Å²) in [5.74, 6) is 1.86. The number of hydrogen-bond donors (Lipinski definition) is 1. The SMILES string of the molecule is Cc1cc(N2CCCC(CNC(C)C)C2)ncc1Br. The lowest BCUT2D eigenvalue weighted by Gasteiger charge is -2.34. The number of nitrogens with one attached hydrogen (secondary N) is 1. The van der Waals surface area contributed by atoms with Gasteiger partial charge in [0, 0.05) is 29.8 Å². The molecule has 0 radical (unpaired) electrons. The normalized spacial score (nSPS) is 20.1. The number of piperidine rings is 1. The van der Waals surface area contributed by atoms with E-state index in [1.165, 1.54) is 18.4 Å². The molecule has 0 bridgehead atoms. The summed E-state index contributed by atoms with van der Waals surface area (Å²) < 4.78 is 1.09. The molecule has 1 aromatic rings. The number of rotatable bonds is 4. The van der Waals surface area contributed by atoms with Crippen molar-refractivity contribution in [3.63, 3.8) is 0 Å². The molecule has 19 heavy (non-hydrogen) atoms. The third-order valence-electron chi connectivity index (χ3n) is 3.69. The maximum absolute atomic E-state index is 4.55. The summed E-state index contributed by atoms with van der Waals surface area (Å²) in [6.45, 7) is 9.90. The molecule has 0 saturated carbocycles. The van der Waals surface area contributed by atoms with Gasteiger partial charge in [-0.25, -0.2) is 4.98 Å². The molecule has 106 valence electrons. The van der Waals surface area contributed by atoms with Crippen LogP contribution in [0.4, 0.5) is 5.82 Å². The first kappa shape index (κ1) is 14.8. The summed E-state index contributed by atoms with van der Waals surface area (Å²) in [5, 5.41) is 3.55. The Morgan fingerprint density at radius 1 is 1.53 bits per heavy atom. The molecular weight excluding hydrogens is 302 g/mol. The van der Waals surface area contributed by atoms with Crippen molar-refractivity contribution in [1.82, 2.24) is 10.3 Å². The van der Waals surface area contributed by atoms with E-state index in [4.69, 9.17) is 0 Å². The summed E-state index contributed by atoms with van der Waals surface area (Å²) in [5.41, 5.74) is 1.26. The van der Waals surface area contributed by atoms with Gasteiger partial charge in [-0.3, -0.25) is 0 Å². The Kier molecular flexibility index (Phi) is 5.22. The average molecular weight is 326 g/mol. The van der Waals surface area contributed by atoms with Gasteiger partial charge in [-0.15, -0.1) is 0 Å². The van der Waals surface area contributed by atoms with Gasteiger partial charge in [0.2, 0.25) is 0 Å². The van der Waals surface area contributed by atoms with Crippen LogP contribution in [0.3, 0.4) is 0 Å². The van der Waals surface area contributed by atoms with Crippen LogP contribution in [0.5, 0.6) is 0 Å². The summed E-state index contributed by atoms with van der Waals surface area (Å²) >= 11 is 3.52. The van der Waals surface area contributed by atoms with Gasteiger partial charge >= 0.3 is 0 Å². The third kappa shape index (κ3) is 4.18. The number of nitrogens with zero attached hydrogens (tertiary/aromatic N) is 2. The Bertz CT molecular complexity index is 420. The van der Waals surface area contributed by atoms with Gasteiger partial charge in [-0.2, -0.15) is 0 Å². The van der Waals surface area contributed by atoms with Gasteiger partial charge in [0.05, 0.1) is 0 Å². The van der Waals surface area contributed by atoms with Crippen molar-refractivity contribution in [3.8, 4) is 0 Å². The Labute approximate surface area is 124 Å². The monoisotopic (exact) mass is 325 g/mol. The smallest absolute Gasteiger partial charge is 0.128 e. The molecule has 1 saturated heterocycles. The fraction of sp³-hybridized carbons (Fsp3) is 0.667. The largest absolute Gasteiger partial charge is 0.356 e. The maximum Gasteiger partial charge on any atom is 0.128 e. The van der Waals surface area contributed by atoms with Crippen molar-refractivity contribution in [2.45, 2.75) is 39.7 Å². The van der Waals surface area contributed by atoms with Crippen LogP contribution in [0.15, 0.2) is 16.7 Å². The number of anilines is 1. The summed E-state index contributed by atoms with van der Waals surface area (Å²) in [6, 6.07) is 2.76. The van der Waals surface area contributed by atoms with Crippen LogP contribution in [0.2, 0.25) is 0 Å². The van der Waals surface area contributed by atoms with Gasteiger partial charge < -0.3 is 10.2 Å². The molecule has 0 aromatic carbocycles. The number of aryl methyl sites for hydroxylation is 1. The van der Waals surface area contributed by atoms with Gasteiger partial charge in [0.25, 0.3) is 0 Å². The highest BCUT2D eigenvalue weighted by atomic mass is 79.9. The van der Waals surface area contributed by atoms with Crippen molar-refractivity contribution in [3.05, 3.63) is 22.3 Å². The van der Waals surface area contributed by atoms with Crippen LogP contribution in [0.1, 0.15) is 32.3 Å². The maximum atomic E-state index is 4.55. The van der Waals surface area contributed by atoms with E-state index in [-0.39, 0.29) is 0 Å². The Morgan fingerprint density at radius 3 is 3.00 bits per heavy atom. The van der Waals surface area contributed by atoms with Crippen molar-refractivity contribution >= 4 is 21.7 Å². The Morgan fingerprint density at radius 2 is 2.32 bits per heavy atom. The average Bonchev–Trinajstić information content (AvgIpc) is 2.40. The number of pyridine rings is 1. The van der Waals surface area contributed by atoms with Gasteiger partial charge in [-0.05, 0) is 59.8 Å². The van der Waals surface area contributed by atoms with Crippen LogP contribution >= 0.6 is 15.9 Å². The quantitative estimate of drug-likeness (QED) is 0.919. The highest BCUT2D eigenvalue weighted by molar-refractivity contribution is 9.10. The molecular formula is C15H24BrN3. The standard InChI is InChI=1S/C15H24BrN3/c1-11(2)17-8-13-5-4-6-19(10-13)15-7-12(3)14(16)9-18-15/h7,9,11,13,17H,4-6,8,10H2,1-3H3. The lowest BCUT2D eigenvalue weighted by Crippen LogP contribution is -2.41. The lowest BCUT2D eigenvalue weighted by molar-refractivity contribution is 0.378. The summed E-state index contributed by atoms with van der Waals surface area (Å²) in [4.78, 5) is 6.98. The Hall–Kier alpha value is -0.610. The predicted octanol–water partition coefficient (Wildman–Crippen LogP) is 3.37. The fourth-order valence-electron chi connectivity index (χ4n) is 2.54. The highest BCUT2D eigenvalue weighted by Crippen LogP contribution is 2.24. The molecule has 1 unspecified atom stereocenters. The van der Waals surface area contributed by atoms with Gasteiger partial charge in [0.15, 0.2) is 0 Å². The first-order valence-electron chi connectivity index (χ1n) is 7.16. The van der Waals surface area contributed by atoms with E-state index in [0.29, 0.717) is 6.04 Å². The fourth-order valence-corrected chi connectivity index (χ4v) is 2.76. The topological polar surface area (TPSA) is 28.2 Å². The molecule has 1 fully saturated rings. The first-order valence-corrected chi connectivity index (χ1v) is 7.96. The minimum atomic E-state index is 0.573. The molecule has 1 aliphatic heterocycles. The second-order valence-electron chi connectivity index (χ2n) is 5.81. The number of aromatic nitrogens is 1. The molecule has 0 spiro atoms. The second kappa shape index (κ2) is 6.71. The van der Waals surface area contributed by atoms with E-state index in [0.717, 1.165) is 35.8 Å². The minimum Gasteiger partial charge on any atom is -0.356 e. The van der Waals surface area contributed by atoms with E-state index in [1.54, 1.807) is 0 Å². The third-order valence-corrected chi connectivity index (χ3v) is 4.52. The van der Waals surface area contributed by atoms with E-state index in [9.17, 15) is 0 Å². The van der Waals surface area contributed by atoms with E-state index in [1.807, 2.05) is 6.20 Å². The number of halogens is 1. The summed E-state index contributed by atoms with van der Waals surface area (Å²) in [6.07, 6.45) is 4.51. The van der Waals surface area contributed by atoms with E-state index in [2.05, 4.69) is 58.0 Å². The summed E-state index contributed by atoms with van der Waals surface area (Å²) in [7, 11) is 0. The molecule has 1 N–H and O–H groups in total. The lowest BCUT2D eigenvalue weighted by atomic mass is 9.97. The first-order chi connectivity index (χ1) is 9.06. The molecule has 0 aliphatic carbocycles. The molecule has 1 aromatic heterocycles. The zero-order valence-electron chi connectivity index (χ0n) is 12.1.